The molecule has 2 rings (SSSR count). The topological polar surface area (TPSA) is 83.5 Å². The van der Waals surface area contributed by atoms with Gasteiger partial charge in [-0.1, -0.05) is 12.1 Å². The zero-order chi connectivity index (χ0) is 13.9. The second-order valence-electron chi connectivity index (χ2n) is 4.81. The molecule has 1 aromatic carbocycles. The van der Waals surface area contributed by atoms with Crippen molar-refractivity contribution in [1.82, 2.24) is 5.32 Å². The molecule has 1 aliphatic heterocycles. The van der Waals surface area contributed by atoms with Crippen molar-refractivity contribution in [3.05, 3.63) is 35.4 Å². The average molecular weight is 283 g/mol. The van der Waals surface area contributed by atoms with Gasteiger partial charge in [-0.25, -0.2) is 13.2 Å². The summed E-state index contributed by atoms with van der Waals surface area (Å²) in [6.45, 7) is 0.630. The predicted octanol–water partition coefficient (Wildman–Crippen LogP) is 1.05. The van der Waals surface area contributed by atoms with E-state index in [1.54, 1.807) is 24.3 Å². The van der Waals surface area contributed by atoms with Crippen LogP contribution in [0, 0.1) is 0 Å². The fraction of sp³-hybridized carbons (Fsp3) is 0.462. The minimum absolute atomic E-state index is 0.225. The molecule has 1 aliphatic rings. The van der Waals surface area contributed by atoms with Gasteiger partial charge in [-0.3, -0.25) is 0 Å². The Morgan fingerprint density at radius 1 is 1.21 bits per heavy atom. The largest absolute Gasteiger partial charge is 0.478 e. The molecular weight excluding hydrogens is 266 g/mol. The minimum Gasteiger partial charge on any atom is -0.478 e. The van der Waals surface area contributed by atoms with Crippen LogP contribution in [0.4, 0.5) is 0 Å². The first-order chi connectivity index (χ1) is 8.96. The van der Waals surface area contributed by atoms with E-state index in [2.05, 4.69) is 5.32 Å². The summed E-state index contributed by atoms with van der Waals surface area (Å²) in [5.74, 6) is -0.428. The Kier molecular flexibility index (Phi) is 4.21. The molecule has 1 fully saturated rings. The molecule has 0 bridgehead atoms. The second kappa shape index (κ2) is 5.71. The molecule has 0 amide bonds. The summed E-state index contributed by atoms with van der Waals surface area (Å²) in [6, 6.07) is 6.92. The van der Waals surface area contributed by atoms with Gasteiger partial charge in [-0.2, -0.15) is 0 Å². The lowest BCUT2D eigenvalue weighted by Gasteiger charge is -2.23. The van der Waals surface area contributed by atoms with Crippen LogP contribution >= 0.6 is 0 Å². The van der Waals surface area contributed by atoms with Gasteiger partial charge >= 0.3 is 5.97 Å². The molecule has 1 saturated heterocycles. The normalized spacial score (nSPS) is 19.2. The highest BCUT2D eigenvalue weighted by atomic mass is 32.2. The maximum atomic E-state index is 11.3. The monoisotopic (exact) mass is 283 g/mol. The van der Waals surface area contributed by atoms with Crippen molar-refractivity contribution >= 4 is 15.8 Å². The first-order valence-corrected chi connectivity index (χ1v) is 8.04. The number of hydrogen-bond donors (Lipinski definition) is 2. The highest BCUT2D eigenvalue weighted by molar-refractivity contribution is 7.91. The van der Waals surface area contributed by atoms with Gasteiger partial charge in [0.25, 0.3) is 0 Å². The smallest absolute Gasteiger partial charge is 0.335 e. The Morgan fingerprint density at radius 2 is 1.79 bits per heavy atom. The SMILES string of the molecule is O=C(O)c1ccc(CNC2CCS(=O)(=O)CC2)cc1. The molecule has 6 heteroatoms. The molecule has 19 heavy (non-hydrogen) atoms. The van der Waals surface area contributed by atoms with Crippen molar-refractivity contribution in [2.75, 3.05) is 11.5 Å². The molecule has 0 aromatic heterocycles. The van der Waals surface area contributed by atoms with E-state index in [1.807, 2.05) is 0 Å². The fourth-order valence-corrected chi connectivity index (χ4v) is 3.61. The molecule has 2 N–H and O–H groups in total. The van der Waals surface area contributed by atoms with Gasteiger partial charge in [0.1, 0.15) is 9.84 Å². The molecule has 0 unspecified atom stereocenters. The van der Waals surface area contributed by atoms with Crippen molar-refractivity contribution in [3.8, 4) is 0 Å². The van der Waals surface area contributed by atoms with Crippen molar-refractivity contribution < 1.29 is 18.3 Å². The Bertz CT molecular complexity index is 537. The van der Waals surface area contributed by atoms with Crippen LogP contribution in [0.5, 0.6) is 0 Å². The summed E-state index contributed by atoms with van der Waals surface area (Å²) < 4.78 is 22.6. The first-order valence-electron chi connectivity index (χ1n) is 6.22. The Labute approximate surface area is 112 Å². The number of carbonyl (C=O) groups is 1. The maximum absolute atomic E-state index is 11.3. The number of aromatic carboxylic acids is 1. The Morgan fingerprint density at radius 3 is 2.32 bits per heavy atom. The van der Waals surface area contributed by atoms with E-state index in [0.29, 0.717) is 19.4 Å². The lowest BCUT2D eigenvalue weighted by molar-refractivity contribution is 0.0697. The quantitative estimate of drug-likeness (QED) is 0.863. The van der Waals surface area contributed by atoms with Gasteiger partial charge in [-0.05, 0) is 30.5 Å². The van der Waals surface area contributed by atoms with Crippen LogP contribution in [-0.2, 0) is 16.4 Å². The number of hydrogen-bond acceptors (Lipinski definition) is 4. The third-order valence-electron chi connectivity index (χ3n) is 3.35. The van der Waals surface area contributed by atoms with Gasteiger partial charge in [0.15, 0.2) is 0 Å². The zero-order valence-corrected chi connectivity index (χ0v) is 11.3. The van der Waals surface area contributed by atoms with Crippen molar-refractivity contribution in [3.63, 3.8) is 0 Å². The molecule has 0 atom stereocenters. The number of rotatable bonds is 4. The second-order valence-corrected chi connectivity index (χ2v) is 7.11. The molecule has 1 heterocycles. The summed E-state index contributed by atoms with van der Waals surface area (Å²) in [4.78, 5) is 10.7. The molecule has 0 aliphatic carbocycles. The standard InChI is InChI=1S/C13H17NO4S/c15-13(16)11-3-1-10(2-4-11)9-14-12-5-7-19(17,18)8-6-12/h1-4,12,14H,5-9H2,(H,15,16). The van der Waals surface area contributed by atoms with Crippen molar-refractivity contribution in [2.45, 2.75) is 25.4 Å². The van der Waals surface area contributed by atoms with E-state index in [0.717, 1.165) is 5.56 Å². The lowest BCUT2D eigenvalue weighted by atomic mass is 10.1. The third-order valence-corrected chi connectivity index (χ3v) is 5.07. The molecule has 104 valence electrons. The van der Waals surface area contributed by atoms with Gasteiger partial charge in [0.2, 0.25) is 0 Å². The van der Waals surface area contributed by atoms with Gasteiger partial charge in [-0.15, -0.1) is 0 Å². The average Bonchev–Trinajstić information content (AvgIpc) is 2.38. The molecule has 0 spiro atoms. The minimum atomic E-state index is -2.82. The maximum Gasteiger partial charge on any atom is 0.335 e. The summed E-state index contributed by atoms with van der Waals surface area (Å²) in [7, 11) is -2.82. The fourth-order valence-electron chi connectivity index (χ4n) is 2.12. The van der Waals surface area contributed by atoms with Crippen molar-refractivity contribution in [1.29, 1.82) is 0 Å². The van der Waals surface area contributed by atoms with Gasteiger partial charge < -0.3 is 10.4 Å². The van der Waals surface area contributed by atoms with E-state index >= 15 is 0 Å². The van der Waals surface area contributed by atoms with Crippen LogP contribution in [0.1, 0.15) is 28.8 Å². The third kappa shape index (κ3) is 4.04. The number of nitrogens with one attached hydrogen (secondary N) is 1. The molecule has 1 aromatic rings. The van der Waals surface area contributed by atoms with E-state index in [-0.39, 0.29) is 23.1 Å². The highest BCUT2D eigenvalue weighted by Crippen LogP contribution is 2.13. The Hall–Kier alpha value is -1.40. The van der Waals surface area contributed by atoms with Crippen LogP contribution in [0.25, 0.3) is 0 Å². The van der Waals surface area contributed by atoms with Crippen LogP contribution < -0.4 is 5.32 Å². The van der Waals surface area contributed by atoms with E-state index in [1.165, 1.54) is 0 Å². The zero-order valence-electron chi connectivity index (χ0n) is 10.5. The molecule has 0 saturated carbocycles. The Balaban J connectivity index is 1.84. The van der Waals surface area contributed by atoms with E-state index < -0.39 is 15.8 Å². The van der Waals surface area contributed by atoms with E-state index in [9.17, 15) is 13.2 Å². The van der Waals surface area contributed by atoms with Crippen LogP contribution in [-0.4, -0.2) is 37.0 Å². The van der Waals surface area contributed by atoms with Crippen LogP contribution in [0.3, 0.4) is 0 Å². The highest BCUT2D eigenvalue weighted by Gasteiger charge is 2.22. The number of carboxylic acid groups (broad SMARTS) is 1. The van der Waals surface area contributed by atoms with Crippen LogP contribution in [0.15, 0.2) is 24.3 Å². The predicted molar refractivity (Wildman–Crippen MR) is 71.9 cm³/mol. The van der Waals surface area contributed by atoms with Crippen LogP contribution in [0.2, 0.25) is 0 Å². The molecular formula is C13H17NO4S. The summed E-state index contributed by atoms with van der Waals surface area (Å²) in [6.07, 6.45) is 1.30. The first kappa shape index (κ1) is 14.0. The van der Waals surface area contributed by atoms with Crippen molar-refractivity contribution in [2.24, 2.45) is 0 Å². The number of benzene rings is 1. The van der Waals surface area contributed by atoms with E-state index in [4.69, 9.17) is 5.11 Å². The van der Waals surface area contributed by atoms with Gasteiger partial charge in [0, 0.05) is 12.6 Å². The molecule has 5 nitrogen and oxygen atoms in total. The van der Waals surface area contributed by atoms with Gasteiger partial charge in [0.05, 0.1) is 17.1 Å². The summed E-state index contributed by atoms with van der Waals surface area (Å²) >= 11 is 0. The molecule has 0 radical (unpaired) electrons. The number of carboxylic acids is 1. The number of sulfone groups is 1. The summed E-state index contributed by atoms with van der Waals surface area (Å²) in [5, 5.41) is 12.1. The summed E-state index contributed by atoms with van der Waals surface area (Å²) in [5.41, 5.74) is 1.27. The lowest BCUT2D eigenvalue weighted by Crippen LogP contribution is -2.37.